The molecule has 0 fully saturated rings. The second-order valence-corrected chi connectivity index (χ2v) is 6.65. The minimum atomic E-state index is 0.0448. The molecule has 0 saturated carbocycles. The van der Waals surface area contributed by atoms with Crippen LogP contribution in [0.25, 0.3) is 11.4 Å². The molecule has 1 heterocycles. The number of halogens is 1. The van der Waals surface area contributed by atoms with Gasteiger partial charge in [-0.3, -0.25) is 9.36 Å². The van der Waals surface area contributed by atoms with Crippen molar-refractivity contribution < 1.29 is 4.79 Å². The lowest BCUT2D eigenvalue weighted by Crippen LogP contribution is -2.23. The molecule has 0 saturated heterocycles. The number of thioether (sulfide) groups is 1. The average Bonchev–Trinajstić information content (AvgIpc) is 2.89. The monoisotopic (exact) mass is 380 g/mol. The summed E-state index contributed by atoms with van der Waals surface area (Å²) < 4.78 is 2.97. The number of hydrogen-bond donors (Lipinski definition) is 0. The van der Waals surface area contributed by atoms with E-state index in [1.807, 2.05) is 28.8 Å². The molecule has 0 unspecified atom stereocenters. The van der Waals surface area contributed by atoms with Gasteiger partial charge in [-0.2, -0.15) is 0 Å². The van der Waals surface area contributed by atoms with E-state index < -0.39 is 0 Å². The van der Waals surface area contributed by atoms with Crippen LogP contribution in [0, 0.1) is 0 Å². The van der Waals surface area contributed by atoms with Crippen molar-refractivity contribution in [1.29, 1.82) is 0 Å². The van der Waals surface area contributed by atoms with Crippen LogP contribution in [0.4, 0.5) is 0 Å². The summed E-state index contributed by atoms with van der Waals surface area (Å²) in [5, 5.41) is 9.19. The van der Waals surface area contributed by atoms with Crippen LogP contribution in [0.1, 0.15) is 0 Å². The van der Waals surface area contributed by atoms with Crippen LogP contribution >= 0.6 is 27.7 Å². The van der Waals surface area contributed by atoms with Crippen LogP contribution in [-0.4, -0.2) is 45.4 Å². The highest BCUT2D eigenvalue weighted by Crippen LogP contribution is 2.25. The highest BCUT2D eigenvalue weighted by molar-refractivity contribution is 9.10. The van der Waals surface area contributed by atoms with Crippen LogP contribution in [0.2, 0.25) is 0 Å². The Morgan fingerprint density at radius 2 is 2.05 bits per heavy atom. The van der Waals surface area contributed by atoms with Gasteiger partial charge in [0.2, 0.25) is 5.91 Å². The Morgan fingerprint density at radius 1 is 1.36 bits per heavy atom. The number of carbonyl (C=O) groups excluding carboxylic acids is 1. The Bertz CT molecular complexity index is 667. The van der Waals surface area contributed by atoms with Gasteiger partial charge in [0.15, 0.2) is 11.0 Å². The van der Waals surface area contributed by atoms with Gasteiger partial charge in [-0.15, -0.1) is 16.8 Å². The van der Waals surface area contributed by atoms with Gasteiger partial charge in [0, 0.05) is 30.7 Å². The van der Waals surface area contributed by atoms with E-state index in [2.05, 4.69) is 32.7 Å². The molecule has 1 aromatic carbocycles. The molecule has 0 atom stereocenters. The number of benzene rings is 1. The lowest BCUT2D eigenvalue weighted by molar-refractivity contribution is -0.125. The van der Waals surface area contributed by atoms with Crippen molar-refractivity contribution >= 4 is 33.6 Å². The zero-order valence-corrected chi connectivity index (χ0v) is 14.9. The molecular formula is C15H17BrN4OS. The predicted molar refractivity (Wildman–Crippen MR) is 92.8 cm³/mol. The summed E-state index contributed by atoms with van der Waals surface area (Å²) in [6.07, 6.45) is 1.80. The van der Waals surface area contributed by atoms with Crippen LogP contribution in [-0.2, 0) is 11.3 Å². The maximum absolute atomic E-state index is 11.7. The molecular weight excluding hydrogens is 364 g/mol. The maximum atomic E-state index is 11.7. The first-order valence-corrected chi connectivity index (χ1v) is 8.43. The third-order valence-corrected chi connectivity index (χ3v) is 4.43. The van der Waals surface area contributed by atoms with E-state index >= 15 is 0 Å². The molecule has 0 aliphatic carbocycles. The van der Waals surface area contributed by atoms with Crippen molar-refractivity contribution in [2.45, 2.75) is 11.7 Å². The molecule has 0 bridgehead atoms. The fourth-order valence-corrected chi connectivity index (χ4v) is 2.95. The molecule has 0 spiro atoms. The van der Waals surface area contributed by atoms with Gasteiger partial charge in [-0.05, 0) is 12.1 Å². The fourth-order valence-electron chi connectivity index (χ4n) is 1.76. The summed E-state index contributed by atoms with van der Waals surface area (Å²) in [7, 11) is 3.48. The van der Waals surface area contributed by atoms with Crippen molar-refractivity contribution in [3.63, 3.8) is 0 Å². The Morgan fingerprint density at radius 3 is 2.64 bits per heavy atom. The molecule has 7 heteroatoms. The zero-order chi connectivity index (χ0) is 16.1. The quantitative estimate of drug-likeness (QED) is 0.570. The first-order chi connectivity index (χ1) is 10.5. The highest BCUT2D eigenvalue weighted by Gasteiger charge is 2.15. The molecule has 5 nitrogen and oxygen atoms in total. The first-order valence-electron chi connectivity index (χ1n) is 6.66. The summed E-state index contributed by atoms with van der Waals surface area (Å²) in [4.78, 5) is 13.3. The molecule has 1 amide bonds. The number of hydrogen-bond acceptors (Lipinski definition) is 4. The van der Waals surface area contributed by atoms with Crippen molar-refractivity contribution in [2.24, 2.45) is 0 Å². The van der Waals surface area contributed by atoms with Gasteiger partial charge in [-0.25, -0.2) is 0 Å². The van der Waals surface area contributed by atoms with Gasteiger partial charge in [0.05, 0.1) is 5.75 Å². The van der Waals surface area contributed by atoms with Gasteiger partial charge in [0.1, 0.15) is 0 Å². The lowest BCUT2D eigenvalue weighted by Gasteiger charge is -2.10. The fraction of sp³-hybridized carbons (Fsp3) is 0.267. The summed E-state index contributed by atoms with van der Waals surface area (Å²) in [6, 6.07) is 7.88. The molecule has 0 aliphatic rings. The number of amides is 1. The SMILES string of the molecule is C=CCn1c(SCC(=O)N(C)C)nnc1-c1ccc(Br)cc1. The number of aromatic nitrogens is 3. The third-order valence-electron chi connectivity index (χ3n) is 2.95. The number of rotatable bonds is 6. The van der Waals surface area contributed by atoms with E-state index in [-0.39, 0.29) is 5.91 Å². The van der Waals surface area contributed by atoms with Crippen LogP contribution < -0.4 is 0 Å². The second kappa shape index (κ2) is 7.60. The largest absolute Gasteiger partial charge is 0.348 e. The number of carbonyl (C=O) groups is 1. The van der Waals surface area contributed by atoms with Gasteiger partial charge < -0.3 is 4.90 Å². The van der Waals surface area contributed by atoms with Gasteiger partial charge >= 0.3 is 0 Å². The average molecular weight is 381 g/mol. The molecule has 0 radical (unpaired) electrons. The standard InChI is InChI=1S/C15H17BrN4OS/c1-4-9-20-14(11-5-7-12(16)8-6-11)17-18-15(20)22-10-13(21)19(2)3/h4-8H,1,9-10H2,2-3H3. The topological polar surface area (TPSA) is 51.0 Å². The molecule has 22 heavy (non-hydrogen) atoms. The smallest absolute Gasteiger partial charge is 0.232 e. The molecule has 0 aliphatic heterocycles. The maximum Gasteiger partial charge on any atom is 0.232 e. The molecule has 2 aromatic rings. The van der Waals surface area contributed by atoms with E-state index in [0.717, 1.165) is 15.9 Å². The van der Waals surface area contributed by atoms with E-state index in [4.69, 9.17) is 0 Å². The van der Waals surface area contributed by atoms with E-state index in [9.17, 15) is 4.79 Å². The first kappa shape index (κ1) is 16.8. The third kappa shape index (κ3) is 3.98. The molecule has 1 aromatic heterocycles. The normalized spacial score (nSPS) is 10.5. The van der Waals surface area contributed by atoms with Crippen molar-refractivity contribution in [3.8, 4) is 11.4 Å². The van der Waals surface area contributed by atoms with E-state index in [1.54, 1.807) is 25.1 Å². The molecule has 0 N–H and O–H groups in total. The van der Waals surface area contributed by atoms with Gasteiger partial charge in [0.25, 0.3) is 0 Å². The zero-order valence-electron chi connectivity index (χ0n) is 12.5. The summed E-state index contributed by atoms with van der Waals surface area (Å²) in [5.74, 6) is 1.15. The number of nitrogens with zero attached hydrogens (tertiary/aromatic N) is 4. The second-order valence-electron chi connectivity index (χ2n) is 4.79. The molecule has 116 valence electrons. The van der Waals surface area contributed by atoms with Crippen molar-refractivity contribution in [3.05, 3.63) is 41.4 Å². The van der Waals surface area contributed by atoms with Crippen molar-refractivity contribution in [2.75, 3.05) is 19.8 Å². The van der Waals surface area contributed by atoms with Crippen molar-refractivity contribution in [1.82, 2.24) is 19.7 Å². The van der Waals surface area contributed by atoms with Crippen LogP contribution in [0.5, 0.6) is 0 Å². The Labute approximate surface area is 142 Å². The van der Waals surface area contributed by atoms with Crippen LogP contribution in [0.15, 0.2) is 46.5 Å². The predicted octanol–water partition coefficient (Wildman–Crippen LogP) is 3.07. The summed E-state index contributed by atoms with van der Waals surface area (Å²) in [6.45, 7) is 4.37. The number of allylic oxidation sites excluding steroid dienone is 1. The minimum absolute atomic E-state index is 0.0448. The Kier molecular flexibility index (Phi) is 5.79. The molecule has 2 rings (SSSR count). The van der Waals surface area contributed by atoms with E-state index in [0.29, 0.717) is 17.5 Å². The van der Waals surface area contributed by atoms with Gasteiger partial charge in [-0.1, -0.05) is 45.9 Å². The summed E-state index contributed by atoms with van der Waals surface area (Å²) >= 11 is 4.80. The minimum Gasteiger partial charge on any atom is -0.348 e. The van der Waals surface area contributed by atoms with Crippen LogP contribution in [0.3, 0.4) is 0 Å². The highest BCUT2D eigenvalue weighted by atomic mass is 79.9. The Hall–Kier alpha value is -1.60. The van der Waals surface area contributed by atoms with E-state index in [1.165, 1.54) is 11.8 Å². The summed E-state index contributed by atoms with van der Waals surface area (Å²) in [5.41, 5.74) is 0.975. The Balaban J connectivity index is 2.26. The lowest BCUT2D eigenvalue weighted by atomic mass is 10.2.